The molecule has 0 fully saturated rings. The zero-order chi connectivity index (χ0) is 12.7. The van der Waals surface area contributed by atoms with E-state index in [0.717, 1.165) is 0 Å². The Balaban J connectivity index is 2.30. The number of carbonyl (C=O) groups excluding carboxylic acids is 1. The van der Waals surface area contributed by atoms with E-state index >= 15 is 0 Å². The molecule has 0 aliphatic carbocycles. The Morgan fingerprint density at radius 2 is 2.29 bits per heavy atom. The first-order valence-electron chi connectivity index (χ1n) is 5.86. The van der Waals surface area contributed by atoms with E-state index in [9.17, 15) is 4.79 Å². The standard InChI is InChI=1S/C11H19N3O3/c1-4-9(11(15)16-5-2)12-7-6-10-13-8(3)17-14-10/h9,12H,4-7H2,1-3H3. The molecule has 1 aromatic rings. The molecule has 0 radical (unpaired) electrons. The molecule has 0 aliphatic rings. The molecule has 0 spiro atoms. The summed E-state index contributed by atoms with van der Waals surface area (Å²) >= 11 is 0. The molecular weight excluding hydrogens is 222 g/mol. The molecule has 1 heterocycles. The molecule has 1 atom stereocenters. The van der Waals surface area contributed by atoms with Crippen LogP contribution >= 0.6 is 0 Å². The first kappa shape index (κ1) is 13.6. The highest BCUT2D eigenvalue weighted by Crippen LogP contribution is 1.98. The van der Waals surface area contributed by atoms with Crippen LogP contribution in [0, 0.1) is 6.92 Å². The molecule has 6 nitrogen and oxygen atoms in total. The third kappa shape index (κ3) is 4.52. The van der Waals surface area contributed by atoms with E-state index in [1.165, 1.54) is 0 Å². The van der Waals surface area contributed by atoms with Gasteiger partial charge in [0.25, 0.3) is 0 Å². The van der Waals surface area contributed by atoms with Crippen LogP contribution < -0.4 is 5.32 Å². The fourth-order valence-electron chi connectivity index (χ4n) is 1.44. The number of nitrogens with one attached hydrogen (secondary N) is 1. The Morgan fingerprint density at radius 1 is 1.53 bits per heavy atom. The fraction of sp³-hybridized carbons (Fsp3) is 0.727. The molecule has 6 heteroatoms. The lowest BCUT2D eigenvalue weighted by molar-refractivity contribution is -0.145. The summed E-state index contributed by atoms with van der Waals surface area (Å²) in [6.45, 7) is 6.51. The van der Waals surface area contributed by atoms with Crippen molar-refractivity contribution in [1.82, 2.24) is 15.5 Å². The van der Waals surface area contributed by atoms with Crippen molar-refractivity contribution in [3.63, 3.8) is 0 Å². The van der Waals surface area contributed by atoms with E-state index in [1.54, 1.807) is 13.8 Å². The van der Waals surface area contributed by atoms with Gasteiger partial charge in [0.05, 0.1) is 6.61 Å². The van der Waals surface area contributed by atoms with Crippen LogP contribution in [0.1, 0.15) is 32.0 Å². The SMILES string of the molecule is CCOC(=O)C(CC)NCCc1noc(C)n1. The zero-order valence-electron chi connectivity index (χ0n) is 10.5. The smallest absolute Gasteiger partial charge is 0.323 e. The van der Waals surface area contributed by atoms with E-state index in [-0.39, 0.29) is 12.0 Å². The molecule has 0 aromatic carbocycles. The largest absolute Gasteiger partial charge is 0.465 e. The highest BCUT2D eigenvalue weighted by molar-refractivity contribution is 5.75. The maximum absolute atomic E-state index is 11.5. The van der Waals surface area contributed by atoms with Gasteiger partial charge in [0.1, 0.15) is 6.04 Å². The van der Waals surface area contributed by atoms with Crippen LogP contribution in [0.25, 0.3) is 0 Å². The van der Waals surface area contributed by atoms with Crippen molar-refractivity contribution in [2.45, 2.75) is 39.7 Å². The predicted molar refractivity (Wildman–Crippen MR) is 61.5 cm³/mol. The average Bonchev–Trinajstić information content (AvgIpc) is 2.71. The fourth-order valence-corrected chi connectivity index (χ4v) is 1.44. The van der Waals surface area contributed by atoms with Crippen molar-refractivity contribution < 1.29 is 14.1 Å². The van der Waals surface area contributed by atoms with E-state index in [2.05, 4.69) is 15.5 Å². The monoisotopic (exact) mass is 241 g/mol. The third-order valence-corrected chi connectivity index (χ3v) is 2.29. The normalized spacial score (nSPS) is 12.4. The van der Waals surface area contributed by atoms with Crippen molar-refractivity contribution in [2.24, 2.45) is 0 Å². The summed E-state index contributed by atoms with van der Waals surface area (Å²) in [4.78, 5) is 15.6. The van der Waals surface area contributed by atoms with Crippen LogP contribution in [0.5, 0.6) is 0 Å². The summed E-state index contributed by atoms with van der Waals surface area (Å²) in [5, 5.41) is 6.89. The van der Waals surface area contributed by atoms with Gasteiger partial charge in [-0.1, -0.05) is 12.1 Å². The van der Waals surface area contributed by atoms with Crippen LogP contribution in [0.4, 0.5) is 0 Å². The topological polar surface area (TPSA) is 77.2 Å². The summed E-state index contributed by atoms with van der Waals surface area (Å²) in [6.07, 6.45) is 1.33. The number of esters is 1. The Labute approximate surface area is 101 Å². The van der Waals surface area contributed by atoms with Crippen molar-refractivity contribution in [3.8, 4) is 0 Å². The number of hydrogen-bond donors (Lipinski definition) is 1. The van der Waals surface area contributed by atoms with Crippen LogP contribution in [0.2, 0.25) is 0 Å². The van der Waals surface area contributed by atoms with Crippen LogP contribution in [-0.2, 0) is 16.0 Å². The first-order valence-corrected chi connectivity index (χ1v) is 5.86. The third-order valence-electron chi connectivity index (χ3n) is 2.29. The second-order valence-corrected chi connectivity index (χ2v) is 3.65. The Morgan fingerprint density at radius 3 is 2.82 bits per heavy atom. The molecule has 1 aromatic heterocycles. The average molecular weight is 241 g/mol. The minimum atomic E-state index is -0.261. The lowest BCUT2D eigenvalue weighted by atomic mass is 10.2. The molecular formula is C11H19N3O3. The van der Waals surface area contributed by atoms with Crippen LogP contribution in [0.15, 0.2) is 4.52 Å². The van der Waals surface area contributed by atoms with Crippen LogP contribution in [-0.4, -0.2) is 35.3 Å². The van der Waals surface area contributed by atoms with Gasteiger partial charge in [-0.25, -0.2) is 0 Å². The van der Waals surface area contributed by atoms with E-state index in [0.29, 0.717) is 37.7 Å². The molecule has 0 saturated heterocycles. The summed E-state index contributed by atoms with van der Waals surface area (Å²) in [7, 11) is 0. The molecule has 0 saturated carbocycles. The number of aryl methyl sites for hydroxylation is 1. The highest BCUT2D eigenvalue weighted by Gasteiger charge is 2.16. The number of aromatic nitrogens is 2. The second kappa shape index (κ2) is 7.01. The second-order valence-electron chi connectivity index (χ2n) is 3.65. The van der Waals surface area contributed by atoms with Gasteiger partial charge in [-0.2, -0.15) is 4.98 Å². The van der Waals surface area contributed by atoms with E-state index < -0.39 is 0 Å². The minimum absolute atomic E-state index is 0.209. The van der Waals surface area contributed by atoms with Gasteiger partial charge in [0.15, 0.2) is 5.82 Å². The molecule has 1 rings (SSSR count). The number of ether oxygens (including phenoxy) is 1. The molecule has 1 N–H and O–H groups in total. The molecule has 0 aliphatic heterocycles. The van der Waals surface area contributed by atoms with E-state index in [1.807, 2.05) is 6.92 Å². The first-order chi connectivity index (χ1) is 8.17. The highest BCUT2D eigenvalue weighted by atomic mass is 16.5. The maximum Gasteiger partial charge on any atom is 0.323 e. The predicted octanol–water partition coefficient (Wildman–Crippen LogP) is 0.852. The number of rotatable bonds is 7. The van der Waals surface area contributed by atoms with Crippen molar-refractivity contribution in [3.05, 3.63) is 11.7 Å². The van der Waals surface area contributed by atoms with Crippen LogP contribution in [0.3, 0.4) is 0 Å². The quantitative estimate of drug-likeness (QED) is 0.713. The van der Waals surface area contributed by atoms with Crippen molar-refractivity contribution in [2.75, 3.05) is 13.2 Å². The van der Waals surface area contributed by atoms with Gasteiger partial charge in [-0.05, 0) is 13.3 Å². The summed E-state index contributed by atoms with van der Waals surface area (Å²) < 4.78 is 9.80. The van der Waals surface area contributed by atoms with Gasteiger partial charge in [-0.3, -0.25) is 4.79 Å². The van der Waals surface area contributed by atoms with E-state index in [4.69, 9.17) is 9.26 Å². The summed E-state index contributed by atoms with van der Waals surface area (Å²) in [6, 6.07) is -0.261. The Kier molecular flexibility index (Phi) is 5.62. The molecule has 0 amide bonds. The minimum Gasteiger partial charge on any atom is -0.465 e. The molecule has 1 unspecified atom stereocenters. The van der Waals surface area contributed by atoms with Crippen molar-refractivity contribution in [1.29, 1.82) is 0 Å². The molecule has 96 valence electrons. The number of carbonyl (C=O) groups is 1. The molecule has 17 heavy (non-hydrogen) atoms. The number of nitrogens with zero attached hydrogens (tertiary/aromatic N) is 2. The van der Waals surface area contributed by atoms with Gasteiger partial charge in [0, 0.05) is 19.9 Å². The maximum atomic E-state index is 11.5. The molecule has 0 bridgehead atoms. The lowest BCUT2D eigenvalue weighted by Gasteiger charge is -2.14. The van der Waals surface area contributed by atoms with Gasteiger partial charge < -0.3 is 14.6 Å². The number of hydrogen-bond acceptors (Lipinski definition) is 6. The van der Waals surface area contributed by atoms with Crippen molar-refractivity contribution >= 4 is 5.97 Å². The Bertz CT molecular complexity index is 351. The van der Waals surface area contributed by atoms with Gasteiger partial charge in [0.2, 0.25) is 5.89 Å². The summed E-state index contributed by atoms with van der Waals surface area (Å²) in [5.74, 6) is 0.991. The lowest BCUT2D eigenvalue weighted by Crippen LogP contribution is -2.38. The van der Waals surface area contributed by atoms with Gasteiger partial charge >= 0.3 is 5.97 Å². The summed E-state index contributed by atoms with van der Waals surface area (Å²) in [5.41, 5.74) is 0. The zero-order valence-corrected chi connectivity index (χ0v) is 10.5. The Hall–Kier alpha value is -1.43. The van der Waals surface area contributed by atoms with Gasteiger partial charge in [-0.15, -0.1) is 0 Å².